The second-order valence-electron chi connectivity index (χ2n) is 10.3. The fraction of sp³-hybridized carbons (Fsp3) is 0.276. The third-order valence-corrected chi connectivity index (χ3v) is 11.2. The predicted molar refractivity (Wildman–Crippen MR) is 152 cm³/mol. The zero-order valence-electron chi connectivity index (χ0n) is 22.2. The topological polar surface area (TPSA) is 83.9 Å². The number of rotatable bonds is 5. The van der Waals surface area contributed by atoms with Crippen molar-refractivity contribution in [2.75, 3.05) is 13.2 Å². The highest BCUT2D eigenvalue weighted by Gasteiger charge is 2.74. The number of ether oxygens (including phenoxy) is 1. The lowest BCUT2D eigenvalue weighted by atomic mass is 9.85. The Morgan fingerprint density at radius 3 is 2.05 bits per heavy atom. The van der Waals surface area contributed by atoms with Gasteiger partial charge in [-0.25, -0.2) is 12.8 Å². The van der Waals surface area contributed by atoms with Crippen molar-refractivity contribution in [3.8, 4) is 5.75 Å². The molecule has 0 spiro atoms. The van der Waals surface area contributed by atoms with Crippen LogP contribution in [0.15, 0.2) is 78.2 Å². The molecule has 2 aliphatic heterocycles. The SMILES string of the molecule is C=C(O)c1ccc(C(=O)N2CCC3(S(=O)(=O)c4ccc(I)cc4)c4ccc(C(F)(C(F)(F)F)C(F)(F)F)cc4OCC23)cc1. The summed E-state index contributed by atoms with van der Waals surface area (Å²) < 4.78 is 129. The first-order valence-corrected chi connectivity index (χ1v) is 15.3. The van der Waals surface area contributed by atoms with Crippen LogP contribution in [0.2, 0.25) is 0 Å². The Balaban J connectivity index is 1.68. The third-order valence-electron chi connectivity index (χ3n) is 7.98. The number of sulfone groups is 1. The quantitative estimate of drug-likeness (QED) is 0.171. The van der Waals surface area contributed by atoms with Crippen LogP contribution in [0.5, 0.6) is 5.75 Å². The van der Waals surface area contributed by atoms with Gasteiger partial charge in [-0.1, -0.05) is 30.8 Å². The monoisotopic (exact) mass is 755 g/mol. The molecule has 1 amide bonds. The van der Waals surface area contributed by atoms with E-state index < -0.39 is 62.5 Å². The molecule has 15 heteroatoms. The molecule has 0 aliphatic carbocycles. The Kier molecular flexibility index (Phi) is 7.75. The number of amides is 1. The van der Waals surface area contributed by atoms with E-state index in [0.717, 1.165) is 0 Å². The lowest BCUT2D eigenvalue weighted by Gasteiger charge is -2.42. The Bertz CT molecular complexity index is 1730. The molecule has 1 saturated heterocycles. The molecule has 234 valence electrons. The van der Waals surface area contributed by atoms with E-state index >= 15 is 0 Å². The maximum atomic E-state index is 14.9. The number of fused-ring (bicyclic) bond motifs is 3. The molecule has 2 heterocycles. The summed E-state index contributed by atoms with van der Waals surface area (Å²) in [4.78, 5) is 14.7. The van der Waals surface area contributed by atoms with Crippen LogP contribution in [0.25, 0.3) is 5.76 Å². The summed E-state index contributed by atoms with van der Waals surface area (Å²) >= 11 is 1.95. The molecule has 2 aliphatic rings. The minimum atomic E-state index is -6.39. The Labute approximate surface area is 260 Å². The van der Waals surface area contributed by atoms with E-state index in [0.29, 0.717) is 15.2 Å². The van der Waals surface area contributed by atoms with Gasteiger partial charge >= 0.3 is 18.0 Å². The summed E-state index contributed by atoms with van der Waals surface area (Å²) in [6.45, 7) is 2.59. The molecule has 3 aromatic carbocycles. The lowest BCUT2D eigenvalue weighted by Crippen LogP contribution is -2.55. The first-order valence-electron chi connectivity index (χ1n) is 12.8. The van der Waals surface area contributed by atoms with E-state index in [1.54, 1.807) is 0 Å². The first kappa shape index (κ1) is 32.1. The smallest absolute Gasteiger partial charge is 0.435 e. The molecule has 5 rings (SSSR count). The summed E-state index contributed by atoms with van der Waals surface area (Å²) in [7, 11) is -4.52. The molecule has 3 aromatic rings. The molecular formula is C29H21F7INO5S. The van der Waals surface area contributed by atoms with E-state index in [-0.39, 0.29) is 46.9 Å². The van der Waals surface area contributed by atoms with Crippen LogP contribution in [0.1, 0.15) is 33.5 Å². The van der Waals surface area contributed by atoms with Crippen molar-refractivity contribution in [1.29, 1.82) is 0 Å². The third kappa shape index (κ3) is 4.73. The number of aliphatic hydroxyl groups is 1. The highest BCUT2D eigenvalue weighted by atomic mass is 127. The second-order valence-corrected chi connectivity index (χ2v) is 13.8. The van der Waals surface area contributed by atoms with Crippen molar-refractivity contribution in [2.45, 2.75) is 40.1 Å². The van der Waals surface area contributed by atoms with Crippen molar-refractivity contribution in [3.63, 3.8) is 0 Å². The van der Waals surface area contributed by atoms with Crippen molar-refractivity contribution in [1.82, 2.24) is 4.90 Å². The highest BCUT2D eigenvalue weighted by molar-refractivity contribution is 14.1. The van der Waals surface area contributed by atoms with Crippen molar-refractivity contribution < 1.29 is 53.8 Å². The number of hydrogen-bond donors (Lipinski definition) is 1. The fourth-order valence-corrected chi connectivity index (χ4v) is 8.40. The van der Waals surface area contributed by atoms with Crippen LogP contribution in [0.3, 0.4) is 0 Å². The maximum absolute atomic E-state index is 14.9. The summed E-state index contributed by atoms with van der Waals surface area (Å²) in [5.74, 6) is -1.56. The second kappa shape index (κ2) is 10.6. The molecule has 0 bridgehead atoms. The van der Waals surface area contributed by atoms with Crippen molar-refractivity contribution >= 4 is 44.1 Å². The summed E-state index contributed by atoms with van der Waals surface area (Å²) in [6, 6.07) is 11.1. The molecule has 0 aromatic heterocycles. The zero-order chi connectivity index (χ0) is 32.5. The Morgan fingerprint density at radius 1 is 0.932 bits per heavy atom. The van der Waals surface area contributed by atoms with E-state index in [9.17, 15) is 49.1 Å². The van der Waals surface area contributed by atoms with Crippen LogP contribution in [-0.2, 0) is 20.3 Å². The highest BCUT2D eigenvalue weighted by Crippen LogP contribution is 2.57. The van der Waals surface area contributed by atoms with E-state index in [1.165, 1.54) is 53.4 Å². The number of likely N-dealkylation sites (tertiary alicyclic amines) is 1. The van der Waals surface area contributed by atoms with Crippen LogP contribution < -0.4 is 4.74 Å². The van der Waals surface area contributed by atoms with Crippen molar-refractivity contribution in [2.24, 2.45) is 0 Å². The lowest BCUT2D eigenvalue weighted by molar-refractivity contribution is -0.348. The average Bonchev–Trinajstić information content (AvgIpc) is 3.37. The first-order chi connectivity index (χ1) is 20.4. The predicted octanol–water partition coefficient (Wildman–Crippen LogP) is 7.09. The zero-order valence-corrected chi connectivity index (χ0v) is 25.2. The number of nitrogens with zero attached hydrogens (tertiary/aromatic N) is 1. The number of benzene rings is 3. The molecule has 1 N–H and O–H groups in total. The number of aliphatic hydroxyl groups excluding tert-OH is 1. The van der Waals surface area contributed by atoms with Crippen LogP contribution in [0, 0.1) is 3.57 Å². The minimum absolute atomic E-state index is 0.108. The fourth-order valence-electron chi connectivity index (χ4n) is 5.76. The van der Waals surface area contributed by atoms with E-state index in [1.807, 2.05) is 22.6 Å². The van der Waals surface area contributed by atoms with Gasteiger partial charge in [0.05, 0.1) is 10.9 Å². The molecule has 6 nitrogen and oxygen atoms in total. The average molecular weight is 755 g/mol. The molecule has 0 saturated carbocycles. The van der Waals surface area contributed by atoms with Crippen LogP contribution in [0.4, 0.5) is 30.7 Å². The van der Waals surface area contributed by atoms with Gasteiger partial charge < -0.3 is 14.7 Å². The normalized spacial score (nSPS) is 20.5. The van der Waals surface area contributed by atoms with Gasteiger partial charge in [0.25, 0.3) is 5.91 Å². The number of carbonyl (C=O) groups excluding carboxylic acids is 1. The number of alkyl halides is 7. The standard InChI is InChI=1S/C29H21F7INO5S/c1-16(39)17-2-4-18(5-3-17)25(40)38-13-12-26(44(41,42)21-9-7-20(37)8-10-21)22-11-6-19(14-23(22)43-15-24(26)38)27(30,28(31,32)33)29(34,35)36/h2-11,14,24,39H,1,12-13,15H2. The van der Waals surface area contributed by atoms with Gasteiger partial charge in [-0.3, -0.25) is 4.79 Å². The molecule has 44 heavy (non-hydrogen) atoms. The van der Waals surface area contributed by atoms with E-state index in [2.05, 4.69) is 6.58 Å². The van der Waals surface area contributed by atoms with Gasteiger partial charge in [-0.2, -0.15) is 26.3 Å². The number of halogens is 8. The number of hydrogen-bond acceptors (Lipinski definition) is 5. The van der Waals surface area contributed by atoms with Crippen LogP contribution in [-0.4, -0.2) is 55.9 Å². The maximum Gasteiger partial charge on any atom is 0.435 e. The summed E-state index contributed by atoms with van der Waals surface area (Å²) in [5, 5.41) is 9.60. The molecule has 0 radical (unpaired) electrons. The Hall–Kier alpha value is -3.34. The summed E-state index contributed by atoms with van der Waals surface area (Å²) in [6.07, 6.45) is -13.1. The van der Waals surface area contributed by atoms with Gasteiger partial charge in [0, 0.05) is 32.4 Å². The largest absolute Gasteiger partial charge is 0.508 e. The van der Waals surface area contributed by atoms with Gasteiger partial charge in [-0.05, 0) is 71.5 Å². The van der Waals surface area contributed by atoms with Gasteiger partial charge in [0.15, 0.2) is 9.84 Å². The molecule has 1 fully saturated rings. The van der Waals surface area contributed by atoms with Crippen molar-refractivity contribution in [3.05, 3.63) is 99.1 Å². The molecule has 2 unspecified atom stereocenters. The molecular weight excluding hydrogens is 734 g/mol. The van der Waals surface area contributed by atoms with Gasteiger partial charge in [-0.15, -0.1) is 0 Å². The van der Waals surface area contributed by atoms with Gasteiger partial charge in [0.1, 0.15) is 22.9 Å². The summed E-state index contributed by atoms with van der Waals surface area (Å²) in [5.41, 5.74) is -7.46. The number of carbonyl (C=O) groups is 1. The Morgan fingerprint density at radius 2 is 1.50 bits per heavy atom. The molecule has 2 atom stereocenters. The van der Waals surface area contributed by atoms with Gasteiger partial charge in [0.2, 0.25) is 0 Å². The minimum Gasteiger partial charge on any atom is -0.508 e. The van der Waals surface area contributed by atoms with E-state index in [4.69, 9.17) is 4.74 Å². The van der Waals surface area contributed by atoms with Crippen LogP contribution >= 0.6 is 22.6 Å².